The van der Waals surface area contributed by atoms with E-state index in [0.717, 1.165) is 30.8 Å². The molecule has 8 nitrogen and oxygen atoms in total. The summed E-state index contributed by atoms with van der Waals surface area (Å²) in [5.74, 6) is 0.756. The van der Waals surface area contributed by atoms with Crippen LogP contribution < -0.4 is 21.9 Å². The number of allylic oxidation sites excluding steroid dienone is 2. The molecule has 1 aliphatic heterocycles. The summed E-state index contributed by atoms with van der Waals surface area (Å²) >= 11 is 0. The minimum atomic E-state index is -0.369. The highest BCUT2D eigenvalue weighted by molar-refractivity contribution is 5.98. The summed E-state index contributed by atoms with van der Waals surface area (Å²) in [6.45, 7) is 13.8. The molecule has 2 aromatic rings. The van der Waals surface area contributed by atoms with E-state index in [1.807, 2.05) is 24.5 Å². The van der Waals surface area contributed by atoms with Gasteiger partial charge in [0.05, 0.1) is 0 Å². The molecule has 3 rings (SSSR count). The standard InChI is InChI=1S/C20H29N6O2/c1-6-25-19(27)17-16(23(5)20(25)28)15(22-4)18(26(17)11-9-13(2)3)24-10-7-8-14(21)12-24/h4,9,14H,6-8,10-12,21H2,1-3,5H3/q+1/t14-/m0/s1. The number of fused-ring (bicyclic) bond motifs is 1. The van der Waals surface area contributed by atoms with Gasteiger partial charge in [0.2, 0.25) is 5.82 Å². The summed E-state index contributed by atoms with van der Waals surface area (Å²) in [4.78, 5) is 32.1. The van der Waals surface area contributed by atoms with E-state index in [4.69, 9.17) is 12.3 Å². The van der Waals surface area contributed by atoms with E-state index >= 15 is 0 Å². The highest BCUT2D eigenvalue weighted by Gasteiger charge is 2.34. The van der Waals surface area contributed by atoms with Crippen molar-refractivity contribution in [1.82, 2.24) is 13.7 Å². The van der Waals surface area contributed by atoms with Crippen molar-refractivity contribution in [2.24, 2.45) is 12.8 Å². The number of nitrogens with two attached hydrogens (primary N) is 1. The van der Waals surface area contributed by atoms with Crippen LogP contribution in [-0.2, 0) is 20.1 Å². The SMILES string of the molecule is C#[N+]c1c(N2CCC[C@H](N)C2)n(CC=C(C)C)c2c(=O)n(CC)c(=O)n(C)c12. The van der Waals surface area contributed by atoms with Gasteiger partial charge in [-0.3, -0.25) is 13.9 Å². The third-order valence-electron chi connectivity index (χ3n) is 5.37. The Kier molecular flexibility index (Phi) is 5.47. The van der Waals surface area contributed by atoms with Crippen molar-refractivity contribution in [3.05, 3.63) is 37.3 Å². The van der Waals surface area contributed by atoms with Crippen molar-refractivity contribution in [3.8, 4) is 6.57 Å². The molecule has 2 N–H and O–H groups in total. The third-order valence-corrected chi connectivity index (χ3v) is 5.37. The largest absolute Gasteiger partial charge is 0.405 e. The lowest BCUT2D eigenvalue weighted by Crippen LogP contribution is -2.43. The Morgan fingerprint density at radius 3 is 2.57 bits per heavy atom. The smallest absolute Gasteiger partial charge is 0.350 e. The quantitative estimate of drug-likeness (QED) is 0.816. The molecule has 0 aromatic carbocycles. The van der Waals surface area contributed by atoms with Crippen molar-refractivity contribution in [3.63, 3.8) is 0 Å². The molecule has 0 radical (unpaired) electrons. The average Bonchev–Trinajstić information content (AvgIpc) is 2.99. The monoisotopic (exact) mass is 385 g/mol. The van der Waals surface area contributed by atoms with Gasteiger partial charge in [0, 0.05) is 39.3 Å². The van der Waals surface area contributed by atoms with Crippen LogP contribution in [0.15, 0.2) is 21.2 Å². The Morgan fingerprint density at radius 1 is 1.29 bits per heavy atom. The van der Waals surface area contributed by atoms with Gasteiger partial charge >= 0.3 is 11.4 Å². The van der Waals surface area contributed by atoms with E-state index < -0.39 is 0 Å². The first-order valence-corrected chi connectivity index (χ1v) is 9.72. The van der Waals surface area contributed by atoms with Gasteiger partial charge in [-0.15, -0.1) is 0 Å². The molecule has 0 bridgehead atoms. The molecule has 0 saturated carbocycles. The fourth-order valence-corrected chi connectivity index (χ4v) is 3.98. The normalized spacial score (nSPS) is 17.0. The van der Waals surface area contributed by atoms with Crippen molar-refractivity contribution in [1.29, 1.82) is 0 Å². The molecule has 0 amide bonds. The first kappa shape index (κ1) is 20.0. The predicted molar refractivity (Wildman–Crippen MR) is 114 cm³/mol. The number of piperidine rings is 1. The fraction of sp³-hybridized carbons (Fsp3) is 0.550. The molecule has 8 heteroatoms. The maximum Gasteiger partial charge on any atom is 0.405 e. The van der Waals surface area contributed by atoms with Gasteiger partial charge in [-0.25, -0.2) is 4.79 Å². The molecule has 2 aromatic heterocycles. The van der Waals surface area contributed by atoms with Crippen LogP contribution in [0, 0.1) is 6.57 Å². The molecular formula is C20H29N6O2+. The molecule has 1 atom stereocenters. The maximum atomic E-state index is 13.2. The number of aromatic nitrogens is 3. The van der Waals surface area contributed by atoms with E-state index in [2.05, 4.69) is 9.74 Å². The van der Waals surface area contributed by atoms with Gasteiger partial charge in [0.15, 0.2) is 5.52 Å². The summed E-state index contributed by atoms with van der Waals surface area (Å²) in [6, 6.07) is 0.0467. The van der Waals surface area contributed by atoms with Gasteiger partial charge in [-0.1, -0.05) is 11.6 Å². The molecular weight excluding hydrogens is 356 g/mol. The van der Waals surface area contributed by atoms with Crippen LogP contribution in [0.5, 0.6) is 0 Å². The lowest BCUT2D eigenvalue weighted by molar-refractivity contribution is 0.499. The summed E-state index contributed by atoms with van der Waals surface area (Å²) in [5.41, 5.74) is 8.03. The fourth-order valence-electron chi connectivity index (χ4n) is 3.98. The Bertz CT molecular complexity index is 1090. The predicted octanol–water partition coefficient (Wildman–Crippen LogP) is 2.01. The summed E-state index contributed by atoms with van der Waals surface area (Å²) in [6.07, 6.45) is 3.96. The van der Waals surface area contributed by atoms with Crippen LogP contribution in [-0.4, -0.2) is 32.8 Å². The zero-order valence-corrected chi connectivity index (χ0v) is 17.1. The first-order chi connectivity index (χ1) is 13.3. The van der Waals surface area contributed by atoms with Crippen LogP contribution in [0.2, 0.25) is 0 Å². The Balaban J connectivity index is 2.45. The number of hydrogen-bond acceptors (Lipinski definition) is 4. The van der Waals surface area contributed by atoms with Gasteiger partial charge in [-0.05, 0) is 38.5 Å². The molecule has 3 heterocycles. The zero-order valence-electron chi connectivity index (χ0n) is 17.1. The van der Waals surface area contributed by atoms with Crippen LogP contribution >= 0.6 is 0 Å². The van der Waals surface area contributed by atoms with Crippen molar-refractivity contribution in [2.45, 2.75) is 52.7 Å². The summed E-state index contributed by atoms with van der Waals surface area (Å²) in [5, 5.41) is 0. The first-order valence-electron chi connectivity index (χ1n) is 9.72. The van der Waals surface area contributed by atoms with Crippen LogP contribution in [0.1, 0.15) is 33.6 Å². The van der Waals surface area contributed by atoms with Gasteiger partial charge in [-0.2, -0.15) is 0 Å². The molecule has 0 spiro atoms. The minimum absolute atomic E-state index is 0.0467. The molecule has 28 heavy (non-hydrogen) atoms. The second-order valence-electron chi connectivity index (χ2n) is 7.63. The second-order valence-corrected chi connectivity index (χ2v) is 7.63. The number of aryl methyl sites for hydroxylation is 1. The van der Waals surface area contributed by atoms with E-state index in [-0.39, 0.29) is 17.3 Å². The van der Waals surface area contributed by atoms with E-state index in [9.17, 15) is 9.59 Å². The molecule has 0 aliphatic carbocycles. The highest BCUT2D eigenvalue weighted by atomic mass is 16.2. The highest BCUT2D eigenvalue weighted by Crippen LogP contribution is 2.39. The second kappa shape index (κ2) is 7.68. The maximum absolute atomic E-state index is 13.2. The lowest BCUT2D eigenvalue weighted by atomic mass is 10.1. The summed E-state index contributed by atoms with van der Waals surface area (Å²) in [7, 11) is 1.65. The van der Waals surface area contributed by atoms with Gasteiger partial charge < -0.3 is 15.2 Å². The van der Waals surface area contributed by atoms with E-state index in [0.29, 0.717) is 36.4 Å². The van der Waals surface area contributed by atoms with E-state index in [1.165, 1.54) is 9.13 Å². The molecule has 1 fully saturated rings. The minimum Gasteiger partial charge on any atom is -0.350 e. The Morgan fingerprint density at radius 2 is 2.00 bits per heavy atom. The van der Waals surface area contributed by atoms with E-state index in [1.54, 1.807) is 14.0 Å². The van der Waals surface area contributed by atoms with Crippen LogP contribution in [0.4, 0.5) is 11.5 Å². The number of rotatable bonds is 4. The lowest BCUT2D eigenvalue weighted by Gasteiger charge is -2.31. The molecule has 150 valence electrons. The van der Waals surface area contributed by atoms with Crippen molar-refractivity contribution < 1.29 is 0 Å². The average molecular weight is 385 g/mol. The van der Waals surface area contributed by atoms with Gasteiger partial charge in [0.25, 0.3) is 12.1 Å². The number of hydrogen-bond donors (Lipinski definition) is 1. The Labute approximate surface area is 164 Å². The number of nitrogens with zero attached hydrogens (tertiary/aromatic N) is 5. The van der Waals surface area contributed by atoms with Crippen LogP contribution in [0.3, 0.4) is 0 Å². The van der Waals surface area contributed by atoms with Crippen molar-refractivity contribution in [2.75, 3.05) is 18.0 Å². The topological polar surface area (TPSA) is 82.6 Å². The van der Waals surface area contributed by atoms with Crippen molar-refractivity contribution >= 4 is 22.5 Å². The third kappa shape index (κ3) is 3.16. The number of anilines is 1. The molecule has 0 unspecified atom stereocenters. The molecule has 1 saturated heterocycles. The molecule has 1 aliphatic rings. The zero-order chi connectivity index (χ0) is 20.6. The van der Waals surface area contributed by atoms with Crippen LogP contribution in [0.25, 0.3) is 15.9 Å². The Hall–Kier alpha value is -2.79. The summed E-state index contributed by atoms with van der Waals surface area (Å²) < 4.78 is 4.64. The van der Waals surface area contributed by atoms with Gasteiger partial charge in [0.1, 0.15) is 5.52 Å².